The Balaban J connectivity index is 1.24. The lowest BCUT2D eigenvalue weighted by Crippen LogP contribution is -2.38. The summed E-state index contributed by atoms with van der Waals surface area (Å²) >= 11 is 1.15. The quantitative estimate of drug-likeness (QED) is 0.457. The molecule has 2 aromatic carbocycles. The number of carboxylic acids is 1. The van der Waals surface area contributed by atoms with Crippen molar-refractivity contribution in [2.24, 2.45) is 5.92 Å². The number of carbonyl (C=O) groups excluding carboxylic acids is 2. The van der Waals surface area contributed by atoms with Crippen LogP contribution in [0, 0.1) is 23.4 Å². The Morgan fingerprint density at radius 2 is 1.69 bits per heavy atom. The lowest BCUT2D eigenvalue weighted by Gasteiger charge is -2.27. The van der Waals surface area contributed by atoms with Gasteiger partial charge in [0.2, 0.25) is 5.91 Å². The Morgan fingerprint density at radius 1 is 0.972 bits per heavy atom. The van der Waals surface area contributed by atoms with Crippen molar-refractivity contribution >= 4 is 29.5 Å². The fourth-order valence-electron chi connectivity index (χ4n) is 4.35. The van der Waals surface area contributed by atoms with Gasteiger partial charge in [0, 0.05) is 24.1 Å². The molecule has 0 bridgehead atoms. The number of amides is 2. The SMILES string of the molecule is O=C(NCCNC(=O)C1Cc2cccc(F)c2S1)c1cc(F)c(O[C@H]2CC[C@@H](C(=O)O)CC2)cc1F. The van der Waals surface area contributed by atoms with Crippen molar-refractivity contribution in [1.29, 1.82) is 0 Å². The standard InChI is InChI=1S/C25H25F3N2O5S/c26-17-3-1-2-14-10-21(36-22(14)17)24(32)30-9-8-29-23(31)16-11-19(28)20(12-18(16)27)35-15-6-4-13(5-7-15)25(33)34/h1-3,11-13,15,21H,4-10H2,(H,29,31)(H,30,32)(H,33,34)/t13-,15+,21?. The van der Waals surface area contributed by atoms with Crippen molar-refractivity contribution in [2.75, 3.05) is 13.1 Å². The number of benzene rings is 2. The van der Waals surface area contributed by atoms with E-state index in [1.165, 1.54) is 6.07 Å². The highest BCUT2D eigenvalue weighted by atomic mass is 32.2. The average molecular weight is 523 g/mol. The minimum Gasteiger partial charge on any atom is -0.487 e. The summed E-state index contributed by atoms with van der Waals surface area (Å²) in [6.45, 7) is 0.0418. The molecule has 1 saturated carbocycles. The van der Waals surface area contributed by atoms with Crippen LogP contribution in [0.25, 0.3) is 0 Å². The van der Waals surface area contributed by atoms with Crippen LogP contribution >= 0.6 is 11.8 Å². The molecule has 192 valence electrons. The van der Waals surface area contributed by atoms with Crippen LogP contribution in [0.2, 0.25) is 0 Å². The van der Waals surface area contributed by atoms with E-state index in [9.17, 15) is 27.6 Å². The number of carbonyl (C=O) groups is 3. The van der Waals surface area contributed by atoms with Crippen LogP contribution in [0.15, 0.2) is 35.2 Å². The van der Waals surface area contributed by atoms with Crippen LogP contribution in [-0.2, 0) is 16.0 Å². The molecule has 7 nitrogen and oxygen atoms in total. The van der Waals surface area contributed by atoms with Crippen LogP contribution in [0.4, 0.5) is 13.2 Å². The first-order valence-corrected chi connectivity index (χ1v) is 12.5. The molecule has 1 fully saturated rings. The van der Waals surface area contributed by atoms with E-state index in [-0.39, 0.29) is 30.6 Å². The van der Waals surface area contributed by atoms with Gasteiger partial charge in [-0.2, -0.15) is 0 Å². The van der Waals surface area contributed by atoms with Crippen LogP contribution in [0.3, 0.4) is 0 Å². The zero-order valence-corrected chi connectivity index (χ0v) is 20.0. The molecule has 1 aliphatic carbocycles. The number of hydrogen-bond donors (Lipinski definition) is 3. The highest BCUT2D eigenvalue weighted by molar-refractivity contribution is 8.01. The molecule has 4 rings (SSSR count). The van der Waals surface area contributed by atoms with Gasteiger partial charge >= 0.3 is 5.97 Å². The molecule has 0 spiro atoms. The van der Waals surface area contributed by atoms with Gasteiger partial charge in [0.25, 0.3) is 5.91 Å². The van der Waals surface area contributed by atoms with Crippen molar-refractivity contribution in [2.45, 2.75) is 48.4 Å². The van der Waals surface area contributed by atoms with Crippen LogP contribution in [0.1, 0.15) is 41.6 Å². The van der Waals surface area contributed by atoms with E-state index in [0.717, 1.165) is 29.5 Å². The minimum absolute atomic E-state index is 0.0185. The Hall–Kier alpha value is -3.21. The van der Waals surface area contributed by atoms with E-state index < -0.39 is 46.3 Å². The average Bonchev–Trinajstić information content (AvgIpc) is 3.30. The molecular weight excluding hydrogens is 497 g/mol. The molecule has 1 heterocycles. The molecule has 2 aromatic rings. The van der Waals surface area contributed by atoms with Gasteiger partial charge in [-0.15, -0.1) is 11.8 Å². The number of hydrogen-bond acceptors (Lipinski definition) is 5. The van der Waals surface area contributed by atoms with E-state index >= 15 is 0 Å². The number of fused-ring (bicyclic) bond motifs is 1. The van der Waals surface area contributed by atoms with Gasteiger partial charge in [-0.25, -0.2) is 13.2 Å². The maximum atomic E-state index is 14.5. The van der Waals surface area contributed by atoms with Gasteiger partial charge in [-0.1, -0.05) is 12.1 Å². The number of halogens is 3. The zero-order valence-electron chi connectivity index (χ0n) is 19.2. The third-order valence-electron chi connectivity index (χ3n) is 6.30. The number of ether oxygens (including phenoxy) is 1. The lowest BCUT2D eigenvalue weighted by molar-refractivity contribution is -0.143. The molecule has 11 heteroatoms. The molecule has 1 unspecified atom stereocenters. The van der Waals surface area contributed by atoms with Crippen molar-refractivity contribution in [3.8, 4) is 5.75 Å². The number of carboxylic acid groups (broad SMARTS) is 1. The summed E-state index contributed by atoms with van der Waals surface area (Å²) in [5.41, 5.74) is 0.268. The fourth-order valence-corrected chi connectivity index (χ4v) is 5.57. The van der Waals surface area contributed by atoms with Gasteiger partial charge in [0.05, 0.1) is 22.8 Å². The summed E-state index contributed by atoms with van der Waals surface area (Å²) in [6, 6.07) is 6.27. The normalized spacial score (nSPS) is 20.9. The number of aliphatic carboxylic acids is 1. The summed E-state index contributed by atoms with van der Waals surface area (Å²) in [4.78, 5) is 36.2. The summed E-state index contributed by atoms with van der Waals surface area (Å²) in [5, 5.41) is 13.7. The van der Waals surface area contributed by atoms with Gasteiger partial charge in [-0.05, 0) is 49.8 Å². The van der Waals surface area contributed by atoms with Gasteiger partial charge in [0.15, 0.2) is 11.6 Å². The molecule has 3 N–H and O–H groups in total. The highest BCUT2D eigenvalue weighted by Gasteiger charge is 2.30. The minimum atomic E-state index is -0.964. The van der Waals surface area contributed by atoms with Crippen LogP contribution in [0.5, 0.6) is 5.75 Å². The van der Waals surface area contributed by atoms with E-state index in [2.05, 4.69) is 10.6 Å². The second-order valence-corrected chi connectivity index (χ2v) is 9.99. The molecule has 0 radical (unpaired) electrons. The first-order chi connectivity index (χ1) is 17.2. The van der Waals surface area contributed by atoms with Crippen molar-refractivity contribution in [3.05, 3.63) is 58.9 Å². The summed E-state index contributed by atoms with van der Waals surface area (Å²) < 4.78 is 48.4. The van der Waals surface area contributed by atoms with E-state index in [4.69, 9.17) is 9.84 Å². The topological polar surface area (TPSA) is 105 Å². The Kier molecular flexibility index (Phi) is 8.07. The second-order valence-electron chi connectivity index (χ2n) is 8.78. The molecule has 1 atom stereocenters. The van der Waals surface area contributed by atoms with E-state index in [1.807, 2.05) is 0 Å². The second kappa shape index (κ2) is 11.2. The smallest absolute Gasteiger partial charge is 0.306 e. The Morgan fingerprint density at radius 3 is 2.39 bits per heavy atom. The third kappa shape index (κ3) is 5.95. The summed E-state index contributed by atoms with van der Waals surface area (Å²) in [5.74, 6) is -5.05. The maximum absolute atomic E-state index is 14.5. The summed E-state index contributed by atoms with van der Waals surface area (Å²) in [6.07, 6.45) is 1.57. The third-order valence-corrected chi connectivity index (χ3v) is 7.66. The van der Waals surface area contributed by atoms with Gasteiger partial charge in [0.1, 0.15) is 11.6 Å². The Bertz CT molecular complexity index is 1170. The molecule has 2 amide bonds. The van der Waals surface area contributed by atoms with E-state index in [0.29, 0.717) is 37.0 Å². The van der Waals surface area contributed by atoms with Gasteiger partial charge in [-0.3, -0.25) is 14.4 Å². The van der Waals surface area contributed by atoms with Gasteiger partial charge < -0.3 is 20.5 Å². The van der Waals surface area contributed by atoms with E-state index in [1.54, 1.807) is 12.1 Å². The first-order valence-electron chi connectivity index (χ1n) is 11.6. The van der Waals surface area contributed by atoms with Crippen molar-refractivity contribution in [3.63, 3.8) is 0 Å². The molecular formula is C25H25F3N2O5S. The zero-order chi connectivity index (χ0) is 25.8. The van der Waals surface area contributed by atoms with Crippen LogP contribution in [-0.4, -0.2) is 47.3 Å². The monoisotopic (exact) mass is 522 g/mol. The maximum Gasteiger partial charge on any atom is 0.306 e. The number of rotatable bonds is 8. The van der Waals surface area contributed by atoms with Crippen LogP contribution < -0.4 is 15.4 Å². The number of nitrogens with one attached hydrogen (secondary N) is 2. The van der Waals surface area contributed by atoms with Crippen molar-refractivity contribution in [1.82, 2.24) is 10.6 Å². The largest absolute Gasteiger partial charge is 0.487 e. The lowest BCUT2D eigenvalue weighted by atomic mass is 9.87. The fraction of sp³-hybridized carbons (Fsp3) is 0.400. The molecule has 36 heavy (non-hydrogen) atoms. The Labute approximate surface area is 209 Å². The number of thioether (sulfide) groups is 1. The predicted molar refractivity (Wildman–Crippen MR) is 125 cm³/mol. The summed E-state index contributed by atoms with van der Waals surface area (Å²) in [7, 11) is 0. The molecule has 0 aromatic heterocycles. The van der Waals surface area contributed by atoms with Crippen molar-refractivity contribution < 1.29 is 37.4 Å². The molecule has 2 aliphatic rings. The predicted octanol–water partition coefficient (Wildman–Crippen LogP) is 3.69. The molecule has 1 aliphatic heterocycles. The first kappa shape index (κ1) is 25.9. The highest BCUT2D eigenvalue weighted by Crippen LogP contribution is 2.38. The molecule has 0 saturated heterocycles.